The van der Waals surface area contributed by atoms with Crippen molar-refractivity contribution in [1.82, 2.24) is 5.32 Å². The standard InChI is InChI=1S/C11H13F2NO/c1-11(2,14-7-15)6-8-3-4-9(12)10(13)5-8/h3-5,7H,6H2,1-2H3,(H,14,15). The third kappa shape index (κ3) is 3.31. The lowest BCUT2D eigenvalue weighted by Crippen LogP contribution is -2.40. The van der Waals surface area contributed by atoms with E-state index in [0.29, 0.717) is 18.4 Å². The number of nitrogens with one attached hydrogen (secondary N) is 1. The smallest absolute Gasteiger partial charge is 0.207 e. The molecule has 2 nitrogen and oxygen atoms in total. The highest BCUT2D eigenvalue weighted by atomic mass is 19.2. The van der Waals surface area contributed by atoms with Crippen LogP contribution in [0.2, 0.25) is 0 Å². The molecule has 1 amide bonds. The normalized spacial score (nSPS) is 11.2. The zero-order valence-corrected chi connectivity index (χ0v) is 8.68. The van der Waals surface area contributed by atoms with Crippen LogP contribution >= 0.6 is 0 Å². The van der Waals surface area contributed by atoms with Crippen LogP contribution in [0.4, 0.5) is 8.78 Å². The monoisotopic (exact) mass is 213 g/mol. The quantitative estimate of drug-likeness (QED) is 0.762. The van der Waals surface area contributed by atoms with Crippen LogP contribution in [-0.4, -0.2) is 11.9 Å². The molecule has 1 N–H and O–H groups in total. The highest BCUT2D eigenvalue weighted by Crippen LogP contribution is 2.15. The molecule has 0 unspecified atom stereocenters. The molecule has 0 radical (unpaired) electrons. The van der Waals surface area contributed by atoms with Crippen LogP contribution in [0.25, 0.3) is 0 Å². The van der Waals surface area contributed by atoms with Crippen LogP contribution in [-0.2, 0) is 11.2 Å². The average Bonchev–Trinajstić information content (AvgIpc) is 2.10. The van der Waals surface area contributed by atoms with Crippen LogP contribution in [0, 0.1) is 11.6 Å². The minimum Gasteiger partial charge on any atom is -0.353 e. The van der Waals surface area contributed by atoms with Crippen LogP contribution < -0.4 is 5.32 Å². The number of carbonyl (C=O) groups is 1. The maximum absolute atomic E-state index is 12.9. The van der Waals surface area contributed by atoms with Gasteiger partial charge in [0.05, 0.1) is 0 Å². The molecule has 0 aromatic heterocycles. The molecule has 0 aliphatic heterocycles. The Labute approximate surface area is 87.3 Å². The molecule has 0 atom stereocenters. The Bertz CT molecular complexity index is 364. The first-order valence-electron chi connectivity index (χ1n) is 4.60. The van der Waals surface area contributed by atoms with Gasteiger partial charge in [0.2, 0.25) is 6.41 Å². The van der Waals surface area contributed by atoms with Crippen molar-refractivity contribution in [2.45, 2.75) is 25.8 Å². The summed E-state index contributed by atoms with van der Waals surface area (Å²) in [5.74, 6) is -1.73. The molecular formula is C11H13F2NO. The summed E-state index contributed by atoms with van der Waals surface area (Å²) in [7, 11) is 0. The van der Waals surface area contributed by atoms with Crippen molar-refractivity contribution in [3.63, 3.8) is 0 Å². The van der Waals surface area contributed by atoms with Crippen molar-refractivity contribution in [3.05, 3.63) is 35.4 Å². The molecule has 1 aromatic carbocycles. The predicted octanol–water partition coefficient (Wildman–Crippen LogP) is 2.03. The van der Waals surface area contributed by atoms with E-state index in [0.717, 1.165) is 12.1 Å². The van der Waals surface area contributed by atoms with Crippen molar-refractivity contribution in [2.24, 2.45) is 0 Å². The van der Waals surface area contributed by atoms with Gasteiger partial charge in [-0.3, -0.25) is 4.79 Å². The van der Waals surface area contributed by atoms with E-state index < -0.39 is 17.2 Å². The maximum atomic E-state index is 12.9. The number of halogens is 2. The molecule has 1 rings (SSSR count). The maximum Gasteiger partial charge on any atom is 0.207 e. The highest BCUT2D eigenvalue weighted by molar-refractivity contribution is 5.47. The fourth-order valence-corrected chi connectivity index (χ4v) is 1.37. The van der Waals surface area contributed by atoms with Gasteiger partial charge in [0.25, 0.3) is 0 Å². The van der Waals surface area contributed by atoms with Crippen molar-refractivity contribution >= 4 is 6.41 Å². The van der Waals surface area contributed by atoms with E-state index in [4.69, 9.17) is 0 Å². The van der Waals surface area contributed by atoms with E-state index in [2.05, 4.69) is 5.32 Å². The molecular weight excluding hydrogens is 200 g/mol. The third-order valence-electron chi connectivity index (χ3n) is 2.08. The minimum atomic E-state index is -0.866. The number of hydrogen-bond donors (Lipinski definition) is 1. The molecule has 82 valence electrons. The molecule has 15 heavy (non-hydrogen) atoms. The second-order valence-electron chi connectivity index (χ2n) is 4.07. The minimum absolute atomic E-state index is 0.447. The Balaban J connectivity index is 2.80. The van der Waals surface area contributed by atoms with Crippen molar-refractivity contribution in [3.8, 4) is 0 Å². The third-order valence-corrected chi connectivity index (χ3v) is 2.08. The van der Waals surface area contributed by atoms with Crippen molar-refractivity contribution in [1.29, 1.82) is 0 Å². The van der Waals surface area contributed by atoms with E-state index in [9.17, 15) is 13.6 Å². The van der Waals surface area contributed by atoms with Gasteiger partial charge >= 0.3 is 0 Å². The van der Waals surface area contributed by atoms with Crippen LogP contribution in [0.1, 0.15) is 19.4 Å². The first-order valence-corrected chi connectivity index (χ1v) is 4.60. The summed E-state index contributed by atoms with van der Waals surface area (Å²) in [6.07, 6.45) is 1.04. The molecule has 0 aliphatic rings. The van der Waals surface area contributed by atoms with Gasteiger partial charge in [-0.05, 0) is 38.0 Å². The molecule has 1 aromatic rings. The van der Waals surface area contributed by atoms with E-state index in [1.54, 1.807) is 0 Å². The van der Waals surface area contributed by atoms with Gasteiger partial charge in [-0.2, -0.15) is 0 Å². The summed E-state index contributed by atoms with van der Waals surface area (Å²) in [4.78, 5) is 10.3. The molecule has 0 spiro atoms. The first kappa shape index (κ1) is 11.6. The molecule has 0 fully saturated rings. The molecule has 0 heterocycles. The summed E-state index contributed by atoms with van der Waals surface area (Å²) in [5, 5.41) is 2.61. The Morgan fingerprint density at radius 2 is 2.00 bits per heavy atom. The number of benzene rings is 1. The zero-order chi connectivity index (χ0) is 11.5. The van der Waals surface area contributed by atoms with E-state index in [-0.39, 0.29) is 0 Å². The van der Waals surface area contributed by atoms with Crippen LogP contribution in [0.3, 0.4) is 0 Å². The largest absolute Gasteiger partial charge is 0.353 e. The summed E-state index contributed by atoms with van der Waals surface area (Å²) in [6, 6.07) is 3.73. The van der Waals surface area contributed by atoms with E-state index >= 15 is 0 Å². The van der Waals surface area contributed by atoms with Crippen LogP contribution in [0.5, 0.6) is 0 Å². The van der Waals surface area contributed by atoms with Crippen molar-refractivity contribution in [2.75, 3.05) is 0 Å². The Kier molecular flexibility index (Phi) is 3.39. The Hall–Kier alpha value is -1.45. The van der Waals surface area contributed by atoms with E-state index in [1.807, 2.05) is 13.8 Å². The predicted molar refractivity (Wildman–Crippen MR) is 53.3 cm³/mol. The fourth-order valence-electron chi connectivity index (χ4n) is 1.37. The average molecular weight is 213 g/mol. The lowest BCUT2D eigenvalue weighted by Gasteiger charge is -2.23. The number of amides is 1. The molecule has 0 bridgehead atoms. The zero-order valence-electron chi connectivity index (χ0n) is 8.68. The lowest BCUT2D eigenvalue weighted by atomic mass is 9.95. The summed E-state index contributed by atoms with van der Waals surface area (Å²) >= 11 is 0. The van der Waals surface area contributed by atoms with Gasteiger partial charge in [0.1, 0.15) is 0 Å². The second-order valence-corrected chi connectivity index (χ2v) is 4.07. The van der Waals surface area contributed by atoms with Crippen molar-refractivity contribution < 1.29 is 13.6 Å². The number of hydrogen-bond acceptors (Lipinski definition) is 1. The second kappa shape index (κ2) is 4.38. The van der Waals surface area contributed by atoms with Gasteiger partial charge in [-0.25, -0.2) is 8.78 Å². The topological polar surface area (TPSA) is 29.1 Å². The molecule has 0 saturated heterocycles. The lowest BCUT2D eigenvalue weighted by molar-refractivity contribution is -0.110. The van der Waals surface area contributed by atoms with Gasteiger partial charge in [0.15, 0.2) is 11.6 Å². The Morgan fingerprint density at radius 3 is 2.53 bits per heavy atom. The SMILES string of the molecule is CC(C)(Cc1ccc(F)c(F)c1)NC=O. The van der Waals surface area contributed by atoms with E-state index in [1.165, 1.54) is 6.07 Å². The molecule has 0 saturated carbocycles. The van der Waals surface area contributed by atoms with Gasteiger partial charge in [-0.15, -0.1) is 0 Å². The highest BCUT2D eigenvalue weighted by Gasteiger charge is 2.17. The molecule has 0 aliphatic carbocycles. The van der Waals surface area contributed by atoms with Gasteiger partial charge in [-0.1, -0.05) is 6.07 Å². The van der Waals surface area contributed by atoms with Gasteiger partial charge in [0, 0.05) is 5.54 Å². The summed E-state index contributed by atoms with van der Waals surface area (Å²) in [5.41, 5.74) is 0.180. The van der Waals surface area contributed by atoms with Gasteiger partial charge < -0.3 is 5.32 Å². The fraction of sp³-hybridized carbons (Fsp3) is 0.364. The summed E-state index contributed by atoms with van der Waals surface area (Å²) < 4.78 is 25.5. The number of rotatable bonds is 4. The Morgan fingerprint density at radius 1 is 1.33 bits per heavy atom. The first-order chi connectivity index (χ1) is 6.94. The summed E-state index contributed by atoms with van der Waals surface area (Å²) in [6.45, 7) is 3.62. The molecule has 4 heteroatoms. The van der Waals surface area contributed by atoms with Crippen LogP contribution in [0.15, 0.2) is 18.2 Å². The number of carbonyl (C=O) groups excluding carboxylic acids is 1.